The molecule has 0 saturated carbocycles. The van der Waals surface area contributed by atoms with Crippen LogP contribution in [-0.2, 0) is 4.74 Å². The van der Waals surface area contributed by atoms with E-state index in [1.165, 1.54) is 14.2 Å². The summed E-state index contributed by atoms with van der Waals surface area (Å²) in [7, 11) is 4.59. The van der Waals surface area contributed by atoms with E-state index in [1.54, 1.807) is 39.2 Å². The highest BCUT2D eigenvalue weighted by atomic mass is 16.5. The van der Waals surface area contributed by atoms with E-state index in [0.29, 0.717) is 17.1 Å². The van der Waals surface area contributed by atoms with Crippen molar-refractivity contribution in [2.75, 3.05) is 21.3 Å². The average molecular weight is 238 g/mol. The Morgan fingerprint density at radius 3 is 2.24 bits per heavy atom. The van der Waals surface area contributed by atoms with Crippen LogP contribution in [0.4, 0.5) is 0 Å². The largest absolute Gasteiger partial charge is 0.497 e. The number of ether oxygens (including phenoxy) is 3. The van der Waals surface area contributed by atoms with Gasteiger partial charge in [0.05, 0.1) is 19.8 Å². The van der Waals surface area contributed by atoms with E-state index in [0.717, 1.165) is 0 Å². The Kier molecular flexibility index (Phi) is 4.12. The second kappa shape index (κ2) is 5.19. The maximum atomic E-state index is 12.2. The predicted octanol–water partition coefficient (Wildman–Crippen LogP) is 2.31. The van der Waals surface area contributed by atoms with Crippen LogP contribution in [0.1, 0.15) is 24.2 Å². The quantitative estimate of drug-likeness (QED) is 0.738. The highest BCUT2D eigenvalue weighted by molar-refractivity contribution is 6.04. The first-order chi connectivity index (χ1) is 7.96. The number of carbonyl (C=O) groups excluding carboxylic acids is 1. The summed E-state index contributed by atoms with van der Waals surface area (Å²) in [5, 5.41) is 0. The fourth-order valence-corrected chi connectivity index (χ4v) is 1.40. The molecule has 0 unspecified atom stereocenters. The summed E-state index contributed by atoms with van der Waals surface area (Å²) in [6, 6.07) is 5.08. The molecular weight excluding hydrogens is 220 g/mol. The summed E-state index contributed by atoms with van der Waals surface area (Å²) in [6.07, 6.45) is 0. The lowest BCUT2D eigenvalue weighted by Crippen LogP contribution is -2.34. The van der Waals surface area contributed by atoms with Crippen molar-refractivity contribution in [3.63, 3.8) is 0 Å². The summed E-state index contributed by atoms with van der Waals surface area (Å²) in [6.45, 7) is 3.44. The minimum absolute atomic E-state index is 0.125. The number of carbonyl (C=O) groups is 1. The molecule has 0 bridgehead atoms. The Hall–Kier alpha value is -1.55. The first kappa shape index (κ1) is 13.5. The number of benzene rings is 1. The van der Waals surface area contributed by atoms with Crippen LogP contribution in [0, 0.1) is 0 Å². The van der Waals surface area contributed by atoms with Crippen molar-refractivity contribution in [2.45, 2.75) is 19.4 Å². The Bertz CT molecular complexity index is 410. The summed E-state index contributed by atoms with van der Waals surface area (Å²) in [4.78, 5) is 12.2. The monoisotopic (exact) mass is 238 g/mol. The van der Waals surface area contributed by atoms with Crippen LogP contribution in [-0.4, -0.2) is 32.7 Å². The minimum Gasteiger partial charge on any atom is -0.497 e. The number of hydrogen-bond acceptors (Lipinski definition) is 4. The summed E-state index contributed by atoms with van der Waals surface area (Å²) in [5.74, 6) is 1.01. The van der Waals surface area contributed by atoms with Crippen molar-refractivity contribution in [3.05, 3.63) is 23.8 Å². The predicted molar refractivity (Wildman–Crippen MR) is 65.0 cm³/mol. The normalized spacial score (nSPS) is 11.1. The molecule has 4 heteroatoms. The van der Waals surface area contributed by atoms with E-state index in [4.69, 9.17) is 14.2 Å². The lowest BCUT2D eigenvalue weighted by atomic mass is 9.95. The average Bonchev–Trinajstić information content (AvgIpc) is 2.36. The molecule has 0 spiro atoms. The van der Waals surface area contributed by atoms with Crippen molar-refractivity contribution in [1.29, 1.82) is 0 Å². The standard InChI is InChI=1S/C13H18O4/c1-13(2,17-5)12(14)10-7-6-9(15-3)8-11(10)16-4/h6-8H,1-5H3. The minimum atomic E-state index is -0.873. The van der Waals surface area contributed by atoms with Gasteiger partial charge >= 0.3 is 0 Å². The lowest BCUT2D eigenvalue weighted by molar-refractivity contribution is 0.0226. The van der Waals surface area contributed by atoms with Crippen LogP contribution >= 0.6 is 0 Å². The highest BCUT2D eigenvalue weighted by Crippen LogP contribution is 2.28. The number of hydrogen-bond donors (Lipinski definition) is 0. The Morgan fingerprint density at radius 1 is 1.12 bits per heavy atom. The van der Waals surface area contributed by atoms with E-state index >= 15 is 0 Å². The van der Waals surface area contributed by atoms with Crippen LogP contribution in [0.2, 0.25) is 0 Å². The van der Waals surface area contributed by atoms with Crippen LogP contribution in [0.5, 0.6) is 11.5 Å². The van der Waals surface area contributed by atoms with E-state index < -0.39 is 5.60 Å². The Balaban J connectivity index is 3.18. The van der Waals surface area contributed by atoms with Gasteiger partial charge in [0.25, 0.3) is 0 Å². The smallest absolute Gasteiger partial charge is 0.197 e. The fourth-order valence-electron chi connectivity index (χ4n) is 1.40. The molecule has 1 aromatic carbocycles. The third kappa shape index (κ3) is 2.77. The molecule has 0 amide bonds. The molecule has 0 aromatic heterocycles. The third-order valence-electron chi connectivity index (χ3n) is 2.71. The lowest BCUT2D eigenvalue weighted by Gasteiger charge is -2.22. The maximum absolute atomic E-state index is 12.2. The highest BCUT2D eigenvalue weighted by Gasteiger charge is 2.30. The molecular formula is C13H18O4. The topological polar surface area (TPSA) is 44.8 Å². The Morgan fingerprint density at radius 2 is 1.76 bits per heavy atom. The van der Waals surface area contributed by atoms with Crippen LogP contribution in [0.25, 0.3) is 0 Å². The molecule has 0 radical (unpaired) electrons. The van der Waals surface area contributed by atoms with E-state index in [1.807, 2.05) is 0 Å². The molecule has 0 aliphatic rings. The van der Waals surface area contributed by atoms with Gasteiger partial charge in [0, 0.05) is 13.2 Å². The van der Waals surface area contributed by atoms with E-state index in [2.05, 4.69) is 0 Å². The van der Waals surface area contributed by atoms with Crippen LogP contribution in [0.15, 0.2) is 18.2 Å². The summed E-state index contributed by atoms with van der Waals surface area (Å²) in [5.41, 5.74) is -0.387. The molecule has 1 rings (SSSR count). The van der Waals surface area contributed by atoms with Crippen LogP contribution in [0.3, 0.4) is 0 Å². The van der Waals surface area contributed by atoms with E-state index in [9.17, 15) is 4.79 Å². The van der Waals surface area contributed by atoms with Gasteiger partial charge in [-0.25, -0.2) is 0 Å². The first-order valence-electron chi connectivity index (χ1n) is 5.28. The van der Waals surface area contributed by atoms with Gasteiger partial charge in [-0.1, -0.05) is 0 Å². The summed E-state index contributed by atoms with van der Waals surface area (Å²) < 4.78 is 15.4. The van der Waals surface area contributed by atoms with Gasteiger partial charge in [0.2, 0.25) is 0 Å². The second-order valence-electron chi connectivity index (χ2n) is 4.11. The molecule has 0 saturated heterocycles. The first-order valence-corrected chi connectivity index (χ1v) is 5.28. The number of rotatable bonds is 5. The SMILES string of the molecule is COc1ccc(C(=O)C(C)(C)OC)c(OC)c1. The third-order valence-corrected chi connectivity index (χ3v) is 2.71. The van der Waals surface area contributed by atoms with Gasteiger partial charge in [0.15, 0.2) is 5.78 Å². The van der Waals surface area contributed by atoms with Crippen molar-refractivity contribution in [3.8, 4) is 11.5 Å². The zero-order valence-corrected chi connectivity index (χ0v) is 10.9. The summed E-state index contributed by atoms with van der Waals surface area (Å²) >= 11 is 0. The molecule has 0 heterocycles. The molecule has 0 atom stereocenters. The van der Waals surface area contributed by atoms with Gasteiger partial charge in [-0.3, -0.25) is 4.79 Å². The fraction of sp³-hybridized carbons (Fsp3) is 0.462. The number of ketones is 1. The van der Waals surface area contributed by atoms with Crippen molar-refractivity contribution >= 4 is 5.78 Å². The van der Waals surface area contributed by atoms with Gasteiger partial charge in [-0.2, -0.15) is 0 Å². The molecule has 1 aromatic rings. The molecule has 0 fully saturated rings. The van der Waals surface area contributed by atoms with Crippen molar-refractivity contribution in [2.24, 2.45) is 0 Å². The molecule has 4 nitrogen and oxygen atoms in total. The van der Waals surface area contributed by atoms with Gasteiger partial charge in [-0.15, -0.1) is 0 Å². The molecule has 17 heavy (non-hydrogen) atoms. The zero-order valence-electron chi connectivity index (χ0n) is 10.9. The van der Waals surface area contributed by atoms with Crippen LogP contribution < -0.4 is 9.47 Å². The van der Waals surface area contributed by atoms with Gasteiger partial charge in [0.1, 0.15) is 17.1 Å². The molecule has 0 aliphatic heterocycles. The zero-order chi connectivity index (χ0) is 13.1. The number of methoxy groups -OCH3 is 3. The number of Topliss-reactive ketones (excluding diaryl/α,β-unsaturated/α-hetero) is 1. The Labute approximate surface area is 101 Å². The molecule has 0 aliphatic carbocycles. The second-order valence-corrected chi connectivity index (χ2v) is 4.11. The maximum Gasteiger partial charge on any atom is 0.197 e. The molecule has 0 N–H and O–H groups in total. The van der Waals surface area contributed by atoms with Gasteiger partial charge < -0.3 is 14.2 Å². The van der Waals surface area contributed by atoms with Gasteiger partial charge in [-0.05, 0) is 26.0 Å². The van der Waals surface area contributed by atoms with Crippen molar-refractivity contribution in [1.82, 2.24) is 0 Å². The van der Waals surface area contributed by atoms with E-state index in [-0.39, 0.29) is 5.78 Å². The van der Waals surface area contributed by atoms with Crippen molar-refractivity contribution < 1.29 is 19.0 Å². The molecule has 94 valence electrons.